The molecule has 0 atom stereocenters. The maximum absolute atomic E-state index is 12.1. The number of allylic oxidation sites excluding steroid dienone is 9. The average Bonchev–Trinajstić information content (AvgIpc) is 2.62. The summed E-state index contributed by atoms with van der Waals surface area (Å²) in [4.78, 5) is 12.1. The second-order valence-electron chi connectivity index (χ2n) is 8.46. The van der Waals surface area contributed by atoms with Gasteiger partial charge in [0.2, 0.25) is 5.91 Å². The molecule has 0 saturated carbocycles. The summed E-state index contributed by atoms with van der Waals surface area (Å²) in [5.41, 5.74) is 5.89. The van der Waals surface area contributed by atoms with E-state index in [4.69, 9.17) is 0 Å². The van der Waals surface area contributed by atoms with Crippen LogP contribution >= 0.6 is 0 Å². The van der Waals surface area contributed by atoms with Crippen molar-refractivity contribution < 1.29 is 40.9 Å². The fourth-order valence-electron chi connectivity index (χ4n) is 3.61. The fourth-order valence-corrected chi connectivity index (χ4v) is 3.61. The quantitative estimate of drug-likeness (QED) is 0.320. The summed E-state index contributed by atoms with van der Waals surface area (Å²) >= 11 is 0. The van der Waals surface area contributed by atoms with E-state index >= 15 is 0 Å². The van der Waals surface area contributed by atoms with E-state index in [1.165, 1.54) is 36.0 Å². The van der Waals surface area contributed by atoms with Crippen molar-refractivity contribution in [2.75, 3.05) is 5.32 Å². The Bertz CT molecular complexity index is 890. The molecule has 30 heavy (non-hydrogen) atoms. The number of rotatable bonds is 6. The van der Waals surface area contributed by atoms with Gasteiger partial charge in [-0.3, -0.25) is 4.79 Å². The van der Waals surface area contributed by atoms with Crippen molar-refractivity contribution in [2.45, 2.75) is 53.9 Å². The number of anilines is 1. The predicted octanol–water partition coefficient (Wildman–Crippen LogP) is 3.98. The number of benzene rings is 1. The molecule has 2 rings (SSSR count). The molecule has 0 bridgehead atoms. The van der Waals surface area contributed by atoms with Crippen LogP contribution in [0, 0.1) is 5.41 Å². The van der Waals surface area contributed by atoms with Gasteiger partial charge in [-0.2, -0.15) is 0 Å². The van der Waals surface area contributed by atoms with Gasteiger partial charge in [0.25, 0.3) is 0 Å². The molecule has 1 aliphatic carbocycles. The van der Waals surface area contributed by atoms with E-state index in [0.29, 0.717) is 5.69 Å². The Hall–Kier alpha value is -1.81. The number of hydrogen-bond donors (Lipinski definition) is 2. The third kappa shape index (κ3) is 8.51. The molecule has 1 aliphatic rings. The van der Waals surface area contributed by atoms with Crippen molar-refractivity contribution in [1.82, 2.24) is 0 Å². The van der Waals surface area contributed by atoms with Crippen LogP contribution in [0.1, 0.15) is 55.3 Å². The van der Waals surface area contributed by atoms with E-state index < -0.39 is 0 Å². The van der Waals surface area contributed by atoms with Crippen LogP contribution in [0.4, 0.5) is 5.69 Å². The summed E-state index contributed by atoms with van der Waals surface area (Å²) in [6, 6.07) is 6.41. The standard InChI is InChI=1S/C26H33NO2.Na.H/c1-19(11-16-24-21(3)10-7-17-26(24,4)5)8-6-9-20(2)18-25(29)27-22-12-14-23(28)15-13-22;;/h6,8-9,11-16,18,28H,7,10,17H2,1-5H3,(H,27,29);;/q;+1;-1/b9-6+,16-11+,19-8+,20-18+;;. The predicted molar refractivity (Wildman–Crippen MR) is 124 cm³/mol. The van der Waals surface area contributed by atoms with Gasteiger partial charge in [-0.1, -0.05) is 55.4 Å². The van der Waals surface area contributed by atoms with Gasteiger partial charge in [0.1, 0.15) is 5.75 Å². The van der Waals surface area contributed by atoms with Crippen molar-refractivity contribution in [1.29, 1.82) is 0 Å². The zero-order valence-corrected chi connectivity index (χ0v) is 21.3. The summed E-state index contributed by atoms with van der Waals surface area (Å²) in [6.45, 7) is 10.9. The largest absolute Gasteiger partial charge is 1.00 e. The van der Waals surface area contributed by atoms with Gasteiger partial charge in [-0.05, 0) is 80.9 Å². The number of aromatic hydroxyl groups is 1. The van der Waals surface area contributed by atoms with Crippen LogP contribution in [0.3, 0.4) is 0 Å². The topological polar surface area (TPSA) is 49.3 Å². The Balaban J connectivity index is 0.00000450. The first-order valence-corrected chi connectivity index (χ1v) is 10.2. The Kier molecular flexibility index (Phi) is 10.6. The molecule has 3 nitrogen and oxygen atoms in total. The maximum atomic E-state index is 12.1. The van der Waals surface area contributed by atoms with Crippen LogP contribution in [0.5, 0.6) is 5.75 Å². The van der Waals surface area contributed by atoms with Crippen LogP contribution in [-0.4, -0.2) is 11.0 Å². The van der Waals surface area contributed by atoms with E-state index in [0.717, 1.165) is 5.57 Å². The van der Waals surface area contributed by atoms with Gasteiger partial charge in [-0.15, -0.1) is 0 Å². The molecule has 4 heteroatoms. The summed E-state index contributed by atoms with van der Waals surface area (Å²) in [5, 5.41) is 12.1. The molecular weight excluding hydrogens is 381 g/mol. The Morgan fingerprint density at radius 1 is 1.13 bits per heavy atom. The first kappa shape index (κ1) is 26.2. The Labute approximate surface area is 205 Å². The van der Waals surface area contributed by atoms with Crippen LogP contribution in [0.2, 0.25) is 0 Å². The first-order valence-electron chi connectivity index (χ1n) is 10.2. The zero-order chi connectivity index (χ0) is 21.4. The van der Waals surface area contributed by atoms with Crippen molar-refractivity contribution in [3.8, 4) is 5.75 Å². The molecule has 0 fully saturated rings. The minimum atomic E-state index is -0.194. The molecular formula is C26H34NNaO2. The molecule has 1 aromatic rings. The number of phenolic OH excluding ortho intramolecular Hbond substituents is 1. The molecule has 1 amide bonds. The third-order valence-corrected chi connectivity index (χ3v) is 5.27. The van der Waals surface area contributed by atoms with Gasteiger partial charge in [0, 0.05) is 11.8 Å². The zero-order valence-electron chi connectivity index (χ0n) is 20.3. The summed E-state index contributed by atoms with van der Waals surface area (Å²) in [7, 11) is 0. The fraction of sp³-hybridized carbons (Fsp3) is 0.346. The Morgan fingerprint density at radius 3 is 2.43 bits per heavy atom. The number of hydrogen-bond acceptors (Lipinski definition) is 2. The summed E-state index contributed by atoms with van der Waals surface area (Å²) < 4.78 is 0. The second kappa shape index (κ2) is 12.1. The Morgan fingerprint density at radius 2 is 1.80 bits per heavy atom. The SMILES string of the molecule is CC1=C(/C=C/C(C)=C/C=C/C(C)=C/C(=O)Nc2ccc(O)cc2)C(C)(C)CCC1.[H-].[Na+]. The molecule has 0 aromatic heterocycles. The van der Waals surface area contributed by atoms with Crippen LogP contribution in [0.15, 0.2) is 83.0 Å². The van der Waals surface area contributed by atoms with Crippen molar-refractivity contribution in [3.63, 3.8) is 0 Å². The minimum Gasteiger partial charge on any atom is -1.00 e. The van der Waals surface area contributed by atoms with Gasteiger partial charge in [0.05, 0.1) is 0 Å². The molecule has 0 saturated heterocycles. The monoisotopic (exact) mass is 415 g/mol. The van der Waals surface area contributed by atoms with Crippen molar-refractivity contribution in [3.05, 3.63) is 83.0 Å². The smallest absolute Gasteiger partial charge is 1.00 e. The number of amides is 1. The molecule has 0 heterocycles. The van der Waals surface area contributed by atoms with Crippen LogP contribution < -0.4 is 34.9 Å². The van der Waals surface area contributed by atoms with E-state index in [-0.39, 0.29) is 48.1 Å². The van der Waals surface area contributed by atoms with Gasteiger partial charge in [-0.25, -0.2) is 0 Å². The maximum Gasteiger partial charge on any atom is 1.00 e. The molecule has 0 unspecified atom stereocenters. The molecule has 1 aromatic carbocycles. The average molecular weight is 416 g/mol. The van der Waals surface area contributed by atoms with E-state index in [2.05, 4.69) is 51.2 Å². The van der Waals surface area contributed by atoms with Crippen molar-refractivity contribution >= 4 is 11.6 Å². The van der Waals surface area contributed by atoms with Gasteiger partial charge in [0.15, 0.2) is 0 Å². The van der Waals surface area contributed by atoms with Gasteiger partial charge < -0.3 is 11.8 Å². The third-order valence-electron chi connectivity index (χ3n) is 5.27. The van der Waals surface area contributed by atoms with E-state index in [9.17, 15) is 9.90 Å². The second-order valence-corrected chi connectivity index (χ2v) is 8.46. The van der Waals surface area contributed by atoms with Crippen LogP contribution in [-0.2, 0) is 4.79 Å². The number of carbonyl (C=O) groups is 1. The minimum absolute atomic E-state index is 0. The normalized spacial score (nSPS) is 17.4. The molecule has 156 valence electrons. The van der Waals surface area contributed by atoms with Crippen molar-refractivity contribution in [2.24, 2.45) is 5.41 Å². The molecule has 0 aliphatic heterocycles. The van der Waals surface area contributed by atoms with E-state index in [1.807, 2.05) is 19.1 Å². The summed E-state index contributed by atoms with van der Waals surface area (Å²) in [6.07, 6.45) is 15.6. The molecule has 0 radical (unpaired) electrons. The molecule has 2 N–H and O–H groups in total. The van der Waals surface area contributed by atoms with Crippen LogP contribution in [0.25, 0.3) is 0 Å². The van der Waals surface area contributed by atoms with E-state index in [1.54, 1.807) is 30.3 Å². The number of phenols is 1. The number of carbonyl (C=O) groups excluding carboxylic acids is 1. The number of nitrogens with one attached hydrogen (secondary N) is 1. The molecule has 0 spiro atoms. The van der Waals surface area contributed by atoms with Gasteiger partial charge >= 0.3 is 29.6 Å². The summed E-state index contributed by atoms with van der Waals surface area (Å²) in [5.74, 6) is -0.0206. The first-order chi connectivity index (χ1) is 13.7.